The topological polar surface area (TPSA) is 9.86 Å². The van der Waals surface area contributed by atoms with Crippen molar-refractivity contribution in [3.05, 3.63) is 170 Å². The number of nitrogens with zero attached hydrogens (tertiary/aromatic N) is 2. The van der Waals surface area contributed by atoms with Crippen LogP contribution in [0.15, 0.2) is 170 Å². The Hall–Kier alpha value is -6.38. The van der Waals surface area contributed by atoms with Gasteiger partial charge < -0.3 is 9.13 Å². The molecule has 222 valence electrons. The Kier molecular flexibility index (Phi) is 5.14. The first-order chi connectivity index (χ1) is 23.8. The van der Waals surface area contributed by atoms with Gasteiger partial charge in [-0.1, -0.05) is 127 Å². The van der Waals surface area contributed by atoms with E-state index in [0.29, 0.717) is 0 Å². The molecule has 2 heterocycles. The van der Waals surface area contributed by atoms with Crippen LogP contribution in [0.25, 0.3) is 98.1 Å². The maximum Gasteiger partial charge on any atom is 0.0549 e. The Morgan fingerprint density at radius 1 is 0.271 bits per heavy atom. The predicted molar refractivity (Wildman–Crippen MR) is 205 cm³/mol. The number of hydrogen-bond acceptors (Lipinski definition) is 0. The lowest BCUT2D eigenvalue weighted by Crippen LogP contribution is -1.96. The number of benzene rings is 9. The van der Waals surface area contributed by atoms with Gasteiger partial charge in [0.1, 0.15) is 0 Å². The second kappa shape index (κ2) is 9.57. The van der Waals surface area contributed by atoms with Crippen LogP contribution in [-0.2, 0) is 0 Å². The monoisotopic (exact) mass is 608 g/mol. The van der Waals surface area contributed by atoms with Crippen LogP contribution in [0.2, 0.25) is 0 Å². The van der Waals surface area contributed by atoms with Gasteiger partial charge in [-0.05, 0) is 80.2 Å². The summed E-state index contributed by atoms with van der Waals surface area (Å²) in [5.41, 5.74) is 7.25. The number of hydrogen-bond donors (Lipinski definition) is 0. The van der Waals surface area contributed by atoms with Crippen LogP contribution in [0.1, 0.15) is 0 Å². The first-order valence-electron chi connectivity index (χ1n) is 16.6. The molecule has 0 unspecified atom stereocenters. The minimum absolute atomic E-state index is 1.18. The van der Waals surface area contributed by atoms with Gasteiger partial charge in [-0.25, -0.2) is 0 Å². The van der Waals surface area contributed by atoms with E-state index in [9.17, 15) is 0 Å². The third-order valence-electron chi connectivity index (χ3n) is 10.5. The van der Waals surface area contributed by atoms with Crippen LogP contribution >= 0.6 is 0 Å². The maximum absolute atomic E-state index is 2.49. The third-order valence-corrected chi connectivity index (χ3v) is 10.5. The lowest BCUT2D eigenvalue weighted by atomic mass is 9.96. The van der Waals surface area contributed by atoms with E-state index < -0.39 is 0 Å². The Morgan fingerprint density at radius 3 is 1.58 bits per heavy atom. The van der Waals surface area contributed by atoms with E-state index in [-0.39, 0.29) is 0 Å². The highest BCUT2D eigenvalue weighted by Crippen LogP contribution is 2.44. The van der Waals surface area contributed by atoms with Crippen molar-refractivity contribution in [1.29, 1.82) is 0 Å². The molecule has 0 aliphatic rings. The van der Waals surface area contributed by atoms with Crippen molar-refractivity contribution in [3.8, 4) is 11.4 Å². The van der Waals surface area contributed by atoms with Gasteiger partial charge in [0.25, 0.3) is 0 Å². The summed E-state index contributed by atoms with van der Waals surface area (Å²) in [4.78, 5) is 0. The average molecular weight is 609 g/mol. The molecule has 0 N–H and O–H groups in total. The Labute approximate surface area is 276 Å². The largest absolute Gasteiger partial charge is 0.309 e. The Bertz CT molecular complexity index is 3120. The van der Waals surface area contributed by atoms with Crippen LogP contribution in [0, 0.1) is 0 Å². The predicted octanol–water partition coefficient (Wildman–Crippen LogP) is 12.5. The Morgan fingerprint density at radius 2 is 0.792 bits per heavy atom. The molecular formula is C46H28N2. The second-order valence-corrected chi connectivity index (χ2v) is 12.9. The smallest absolute Gasteiger partial charge is 0.0549 e. The SMILES string of the molecule is c1ccc2cc(-n3c4ccccc4c4c5c6ccccc6n(-c6cccc7c6ccc6c8ccccc8ccc76)c5ccc43)ccc2c1. The van der Waals surface area contributed by atoms with Gasteiger partial charge in [0.05, 0.1) is 27.8 Å². The number of aromatic nitrogens is 2. The van der Waals surface area contributed by atoms with Crippen molar-refractivity contribution >= 4 is 86.7 Å². The van der Waals surface area contributed by atoms with Gasteiger partial charge >= 0.3 is 0 Å². The lowest BCUT2D eigenvalue weighted by Gasteiger charge is -2.14. The molecule has 0 aliphatic heterocycles. The summed E-state index contributed by atoms with van der Waals surface area (Å²) in [7, 11) is 0. The molecule has 9 aromatic carbocycles. The standard InChI is InChI=1S/C46H28N2/c1-2-12-31-28-32(22-20-29(31)10-1)47-41-17-7-5-14-38(41)45-43(47)26-27-44-46(45)39-15-6-8-18-42(39)48(44)40-19-9-16-34-36-23-21-30-11-3-4-13-33(30)35(36)24-25-37(34)40/h1-28H. The normalized spacial score (nSPS) is 12.2. The first-order valence-corrected chi connectivity index (χ1v) is 16.6. The van der Waals surface area contributed by atoms with E-state index in [4.69, 9.17) is 0 Å². The fourth-order valence-corrected chi connectivity index (χ4v) is 8.41. The number of rotatable bonds is 2. The van der Waals surface area contributed by atoms with Crippen LogP contribution in [0.5, 0.6) is 0 Å². The van der Waals surface area contributed by atoms with Crippen LogP contribution in [0.4, 0.5) is 0 Å². The second-order valence-electron chi connectivity index (χ2n) is 12.9. The summed E-state index contributed by atoms with van der Waals surface area (Å²) in [6.07, 6.45) is 0. The molecule has 11 rings (SSSR count). The third kappa shape index (κ3) is 3.41. The van der Waals surface area contributed by atoms with Gasteiger partial charge in [0.2, 0.25) is 0 Å². The molecule has 0 radical (unpaired) electrons. The molecule has 2 aromatic heterocycles. The van der Waals surface area contributed by atoms with E-state index >= 15 is 0 Å². The van der Waals surface area contributed by atoms with Gasteiger partial charge in [0, 0.05) is 32.6 Å². The molecule has 0 fully saturated rings. The van der Waals surface area contributed by atoms with E-state index in [1.807, 2.05) is 0 Å². The van der Waals surface area contributed by atoms with Crippen LogP contribution < -0.4 is 0 Å². The Balaban J connectivity index is 1.26. The molecule has 0 atom stereocenters. The van der Waals surface area contributed by atoms with Gasteiger partial charge in [0.15, 0.2) is 0 Å². The highest BCUT2D eigenvalue weighted by atomic mass is 15.0. The average Bonchev–Trinajstić information content (AvgIpc) is 3.67. The van der Waals surface area contributed by atoms with Crippen molar-refractivity contribution < 1.29 is 0 Å². The summed E-state index contributed by atoms with van der Waals surface area (Å²) in [6, 6.07) is 62.5. The van der Waals surface area contributed by atoms with Crippen molar-refractivity contribution in [1.82, 2.24) is 9.13 Å². The fraction of sp³-hybridized carbons (Fsp3) is 0. The van der Waals surface area contributed by atoms with E-state index in [1.54, 1.807) is 0 Å². The lowest BCUT2D eigenvalue weighted by molar-refractivity contribution is 1.18. The van der Waals surface area contributed by atoms with Crippen molar-refractivity contribution in [3.63, 3.8) is 0 Å². The van der Waals surface area contributed by atoms with Gasteiger partial charge in [-0.3, -0.25) is 0 Å². The molecule has 0 saturated carbocycles. The van der Waals surface area contributed by atoms with Gasteiger partial charge in [-0.2, -0.15) is 0 Å². The van der Waals surface area contributed by atoms with Crippen molar-refractivity contribution in [2.24, 2.45) is 0 Å². The van der Waals surface area contributed by atoms with Crippen LogP contribution in [-0.4, -0.2) is 9.13 Å². The molecule has 0 saturated heterocycles. The number of fused-ring (bicyclic) bond motifs is 13. The van der Waals surface area contributed by atoms with Gasteiger partial charge in [-0.15, -0.1) is 0 Å². The highest BCUT2D eigenvalue weighted by molar-refractivity contribution is 6.29. The molecule has 48 heavy (non-hydrogen) atoms. The summed E-state index contributed by atoms with van der Waals surface area (Å²) < 4.78 is 4.93. The minimum atomic E-state index is 1.18. The van der Waals surface area contributed by atoms with E-state index in [1.165, 1.54) is 98.1 Å². The van der Waals surface area contributed by atoms with E-state index in [2.05, 4.69) is 179 Å². The van der Waals surface area contributed by atoms with Crippen molar-refractivity contribution in [2.45, 2.75) is 0 Å². The summed E-state index contributed by atoms with van der Waals surface area (Å²) >= 11 is 0. The van der Waals surface area contributed by atoms with E-state index in [0.717, 1.165) is 0 Å². The minimum Gasteiger partial charge on any atom is -0.309 e. The molecule has 0 spiro atoms. The molecule has 2 nitrogen and oxygen atoms in total. The molecular weight excluding hydrogens is 581 g/mol. The summed E-state index contributed by atoms with van der Waals surface area (Å²) in [5, 5.41) is 15.3. The zero-order valence-corrected chi connectivity index (χ0v) is 26.1. The van der Waals surface area contributed by atoms with Crippen molar-refractivity contribution in [2.75, 3.05) is 0 Å². The quantitative estimate of drug-likeness (QED) is 0.173. The molecule has 0 bridgehead atoms. The first kappa shape index (κ1) is 25.8. The molecule has 2 heteroatoms. The van der Waals surface area contributed by atoms with Crippen LogP contribution in [0.3, 0.4) is 0 Å². The number of para-hydroxylation sites is 2. The zero-order valence-electron chi connectivity index (χ0n) is 26.1. The molecule has 11 aromatic rings. The maximum atomic E-state index is 2.49. The fourth-order valence-electron chi connectivity index (χ4n) is 8.41. The molecule has 0 amide bonds. The molecule has 0 aliphatic carbocycles. The highest BCUT2D eigenvalue weighted by Gasteiger charge is 2.21. The summed E-state index contributed by atoms with van der Waals surface area (Å²) in [6.45, 7) is 0. The summed E-state index contributed by atoms with van der Waals surface area (Å²) in [5.74, 6) is 0. The zero-order chi connectivity index (χ0) is 31.3.